The molecule has 2 rings (SSSR count). The van der Waals surface area contributed by atoms with E-state index < -0.39 is 0 Å². The second-order valence-corrected chi connectivity index (χ2v) is 6.73. The predicted octanol–water partition coefficient (Wildman–Crippen LogP) is 3.79. The van der Waals surface area contributed by atoms with Gasteiger partial charge >= 0.3 is 0 Å². The van der Waals surface area contributed by atoms with Crippen LogP contribution in [0.15, 0.2) is 22.7 Å². The molecule has 2 nitrogen and oxygen atoms in total. The highest BCUT2D eigenvalue weighted by molar-refractivity contribution is 9.10. The number of nitrogens with one attached hydrogen (secondary N) is 1. The van der Waals surface area contributed by atoms with Crippen LogP contribution in [0, 0.1) is 5.92 Å². The van der Waals surface area contributed by atoms with E-state index in [1.165, 1.54) is 35.0 Å². The van der Waals surface area contributed by atoms with Crippen molar-refractivity contribution in [3.05, 3.63) is 33.8 Å². The van der Waals surface area contributed by atoms with Crippen molar-refractivity contribution >= 4 is 15.9 Å². The lowest BCUT2D eigenvalue weighted by atomic mass is 10.0. The number of benzene rings is 1. The smallest absolute Gasteiger partial charge is 0.0247 e. The Bertz CT molecular complexity index is 417. The standard InChI is InChI=1S/C16H25BrN2/c1-12(2)16-5-4-8-19(16)11-14-7-6-13(10-18-3)9-15(14)17/h6-7,9,12,16,18H,4-5,8,10-11H2,1-3H3. The molecular formula is C16H25BrN2. The minimum Gasteiger partial charge on any atom is -0.316 e. The van der Waals surface area contributed by atoms with Crippen LogP contribution in [-0.2, 0) is 13.1 Å². The molecule has 0 spiro atoms. The zero-order valence-electron chi connectivity index (χ0n) is 12.2. The van der Waals surface area contributed by atoms with E-state index in [1.807, 2.05) is 7.05 Å². The molecule has 19 heavy (non-hydrogen) atoms. The molecule has 1 heterocycles. The number of hydrogen-bond donors (Lipinski definition) is 1. The maximum atomic E-state index is 3.73. The van der Waals surface area contributed by atoms with E-state index in [4.69, 9.17) is 0 Å². The lowest BCUT2D eigenvalue weighted by molar-refractivity contribution is 0.198. The summed E-state index contributed by atoms with van der Waals surface area (Å²) in [4.78, 5) is 2.64. The van der Waals surface area contributed by atoms with E-state index in [0.29, 0.717) is 0 Å². The van der Waals surface area contributed by atoms with E-state index in [-0.39, 0.29) is 0 Å². The van der Waals surface area contributed by atoms with Crippen molar-refractivity contribution < 1.29 is 0 Å². The van der Waals surface area contributed by atoms with Gasteiger partial charge in [0.15, 0.2) is 0 Å². The van der Waals surface area contributed by atoms with Gasteiger partial charge in [-0.2, -0.15) is 0 Å². The van der Waals surface area contributed by atoms with Gasteiger partial charge in [-0.1, -0.05) is 41.9 Å². The molecule has 106 valence electrons. The fraction of sp³-hybridized carbons (Fsp3) is 0.625. The molecule has 0 aliphatic carbocycles. The largest absolute Gasteiger partial charge is 0.316 e. The Morgan fingerprint density at radius 1 is 1.42 bits per heavy atom. The van der Waals surface area contributed by atoms with Crippen LogP contribution in [0.2, 0.25) is 0 Å². The highest BCUT2D eigenvalue weighted by Crippen LogP contribution is 2.28. The molecule has 3 heteroatoms. The van der Waals surface area contributed by atoms with Crippen LogP contribution in [0.25, 0.3) is 0 Å². The average Bonchev–Trinajstić information content (AvgIpc) is 2.81. The van der Waals surface area contributed by atoms with Crippen molar-refractivity contribution in [2.45, 2.75) is 45.8 Å². The number of rotatable bonds is 5. The van der Waals surface area contributed by atoms with Crippen LogP contribution in [0.1, 0.15) is 37.8 Å². The first kappa shape index (κ1) is 15.0. The first-order chi connectivity index (χ1) is 9.11. The summed E-state index contributed by atoms with van der Waals surface area (Å²) in [7, 11) is 1.99. The third-order valence-electron chi connectivity index (χ3n) is 4.06. The monoisotopic (exact) mass is 324 g/mol. The van der Waals surface area contributed by atoms with Gasteiger partial charge in [0.2, 0.25) is 0 Å². The second-order valence-electron chi connectivity index (χ2n) is 5.88. The second kappa shape index (κ2) is 6.87. The van der Waals surface area contributed by atoms with Gasteiger partial charge in [-0.25, -0.2) is 0 Å². The fourth-order valence-electron chi connectivity index (χ4n) is 3.06. The van der Waals surface area contributed by atoms with Crippen molar-refractivity contribution in [2.24, 2.45) is 5.92 Å². The van der Waals surface area contributed by atoms with Gasteiger partial charge in [0, 0.05) is 23.6 Å². The van der Waals surface area contributed by atoms with Crippen molar-refractivity contribution in [3.63, 3.8) is 0 Å². The van der Waals surface area contributed by atoms with Crippen LogP contribution in [0.3, 0.4) is 0 Å². The van der Waals surface area contributed by atoms with Gasteiger partial charge in [-0.15, -0.1) is 0 Å². The lowest BCUT2D eigenvalue weighted by Gasteiger charge is -2.28. The molecule has 0 radical (unpaired) electrons. The van der Waals surface area contributed by atoms with E-state index >= 15 is 0 Å². The van der Waals surface area contributed by atoms with Gasteiger partial charge in [-0.3, -0.25) is 4.90 Å². The zero-order valence-corrected chi connectivity index (χ0v) is 13.8. The topological polar surface area (TPSA) is 15.3 Å². The van der Waals surface area contributed by atoms with Crippen LogP contribution < -0.4 is 5.32 Å². The number of likely N-dealkylation sites (tertiary alicyclic amines) is 1. The van der Waals surface area contributed by atoms with Crippen LogP contribution in [-0.4, -0.2) is 24.5 Å². The number of halogens is 1. The molecule has 1 unspecified atom stereocenters. The van der Waals surface area contributed by atoms with Crippen molar-refractivity contribution in [3.8, 4) is 0 Å². The van der Waals surface area contributed by atoms with Gasteiger partial charge in [-0.05, 0) is 49.5 Å². The van der Waals surface area contributed by atoms with Crippen molar-refractivity contribution in [2.75, 3.05) is 13.6 Å². The molecule has 0 bridgehead atoms. The summed E-state index contributed by atoms with van der Waals surface area (Å²) in [5.41, 5.74) is 2.74. The molecule has 1 aliphatic rings. The van der Waals surface area contributed by atoms with Gasteiger partial charge in [0.25, 0.3) is 0 Å². The quantitative estimate of drug-likeness (QED) is 0.886. The maximum absolute atomic E-state index is 3.73. The number of nitrogens with zero attached hydrogens (tertiary/aromatic N) is 1. The molecule has 1 saturated heterocycles. The Balaban J connectivity index is 2.06. The summed E-state index contributed by atoms with van der Waals surface area (Å²) in [5.74, 6) is 0.754. The Labute approximate surface area is 125 Å². The predicted molar refractivity (Wildman–Crippen MR) is 85.2 cm³/mol. The molecule has 0 amide bonds. The molecule has 1 fully saturated rings. The summed E-state index contributed by atoms with van der Waals surface area (Å²) in [6, 6.07) is 7.50. The average molecular weight is 325 g/mol. The Kier molecular flexibility index (Phi) is 5.43. The van der Waals surface area contributed by atoms with Crippen LogP contribution in [0.5, 0.6) is 0 Å². The first-order valence-electron chi connectivity index (χ1n) is 7.27. The minimum absolute atomic E-state index is 0.754. The molecule has 0 aromatic heterocycles. The number of hydrogen-bond acceptors (Lipinski definition) is 2. The van der Waals surface area contributed by atoms with Crippen LogP contribution in [0.4, 0.5) is 0 Å². The minimum atomic E-state index is 0.754. The van der Waals surface area contributed by atoms with Gasteiger partial charge in [0.1, 0.15) is 0 Å². The third-order valence-corrected chi connectivity index (χ3v) is 4.79. The normalized spacial score (nSPS) is 20.4. The summed E-state index contributed by atoms with van der Waals surface area (Å²) in [6.07, 6.45) is 2.70. The van der Waals surface area contributed by atoms with E-state index in [1.54, 1.807) is 0 Å². The third kappa shape index (κ3) is 3.80. The molecule has 1 aliphatic heterocycles. The molecule has 1 N–H and O–H groups in total. The summed E-state index contributed by atoms with van der Waals surface area (Å²) in [6.45, 7) is 7.93. The summed E-state index contributed by atoms with van der Waals surface area (Å²) < 4.78 is 1.25. The molecule has 1 aromatic carbocycles. The lowest BCUT2D eigenvalue weighted by Crippen LogP contribution is -2.32. The van der Waals surface area contributed by atoms with Gasteiger partial charge in [0.05, 0.1) is 0 Å². The molecule has 1 aromatic rings. The van der Waals surface area contributed by atoms with Crippen LogP contribution >= 0.6 is 15.9 Å². The maximum Gasteiger partial charge on any atom is 0.0247 e. The van der Waals surface area contributed by atoms with E-state index in [0.717, 1.165) is 25.0 Å². The zero-order chi connectivity index (χ0) is 13.8. The molecule has 0 saturated carbocycles. The van der Waals surface area contributed by atoms with Crippen molar-refractivity contribution in [1.29, 1.82) is 0 Å². The van der Waals surface area contributed by atoms with E-state index in [2.05, 4.69) is 58.2 Å². The fourth-order valence-corrected chi connectivity index (χ4v) is 3.61. The highest BCUT2D eigenvalue weighted by atomic mass is 79.9. The Hall–Kier alpha value is -0.380. The Morgan fingerprint density at radius 2 is 2.21 bits per heavy atom. The Morgan fingerprint density at radius 3 is 2.84 bits per heavy atom. The first-order valence-corrected chi connectivity index (χ1v) is 8.07. The summed E-state index contributed by atoms with van der Waals surface area (Å²) >= 11 is 3.73. The SMILES string of the molecule is CNCc1ccc(CN2CCCC2C(C)C)c(Br)c1. The molecular weight excluding hydrogens is 300 g/mol. The van der Waals surface area contributed by atoms with Crippen molar-refractivity contribution in [1.82, 2.24) is 10.2 Å². The van der Waals surface area contributed by atoms with E-state index in [9.17, 15) is 0 Å². The van der Waals surface area contributed by atoms with Gasteiger partial charge < -0.3 is 5.32 Å². The molecule has 1 atom stereocenters. The highest BCUT2D eigenvalue weighted by Gasteiger charge is 2.27. The summed E-state index contributed by atoms with van der Waals surface area (Å²) in [5, 5.41) is 3.19.